The Bertz CT molecular complexity index is 856. The van der Waals surface area contributed by atoms with Crippen LogP contribution in [0.1, 0.15) is 24.5 Å². The molecule has 4 nitrogen and oxygen atoms in total. The molecule has 5 heteroatoms. The maximum absolute atomic E-state index is 12.7. The molecule has 1 aliphatic heterocycles. The van der Waals surface area contributed by atoms with Crippen molar-refractivity contribution in [2.75, 3.05) is 0 Å². The van der Waals surface area contributed by atoms with Crippen molar-refractivity contribution < 1.29 is 19.4 Å². The van der Waals surface area contributed by atoms with Gasteiger partial charge in [-0.15, -0.1) is 0 Å². The number of aliphatic hydroxyl groups excluding tert-OH is 1. The number of aliphatic hydroxyl groups is 1. The molecule has 0 bridgehead atoms. The van der Waals surface area contributed by atoms with Gasteiger partial charge in [-0.05, 0) is 42.5 Å². The SMILES string of the molecule is C[C@@H](Cc1ccc(Cl)cc1)C(=O)C1=C(O)C(CCc2ccccc2)OC1=O. The standard InChI is InChI=1S/C22H21ClO4/c1-14(13-16-7-10-17(23)11-8-16)20(24)19-21(25)18(27-22(19)26)12-9-15-5-3-2-4-6-15/h2-8,10-11,14,18,25H,9,12-13H2,1H3/t14-,18?/m0/s1. The summed E-state index contributed by atoms with van der Waals surface area (Å²) in [5.41, 5.74) is 1.80. The van der Waals surface area contributed by atoms with Gasteiger partial charge in [0.15, 0.2) is 17.6 Å². The summed E-state index contributed by atoms with van der Waals surface area (Å²) in [5.74, 6) is -1.83. The Morgan fingerprint density at radius 2 is 1.78 bits per heavy atom. The van der Waals surface area contributed by atoms with E-state index in [1.807, 2.05) is 42.5 Å². The number of aryl methyl sites for hydroxylation is 1. The predicted molar refractivity (Wildman–Crippen MR) is 104 cm³/mol. The van der Waals surface area contributed by atoms with Crippen LogP contribution >= 0.6 is 11.6 Å². The van der Waals surface area contributed by atoms with Crippen LogP contribution in [0, 0.1) is 5.92 Å². The van der Waals surface area contributed by atoms with Crippen molar-refractivity contribution >= 4 is 23.4 Å². The first kappa shape index (κ1) is 19.2. The van der Waals surface area contributed by atoms with Gasteiger partial charge in [0, 0.05) is 10.9 Å². The van der Waals surface area contributed by atoms with Crippen LogP contribution in [-0.4, -0.2) is 23.0 Å². The first-order chi connectivity index (χ1) is 13.0. The van der Waals surface area contributed by atoms with E-state index in [0.29, 0.717) is 24.3 Å². The Labute approximate surface area is 163 Å². The van der Waals surface area contributed by atoms with Gasteiger partial charge in [-0.1, -0.05) is 61.0 Å². The topological polar surface area (TPSA) is 63.6 Å². The van der Waals surface area contributed by atoms with E-state index in [1.54, 1.807) is 19.1 Å². The average molecular weight is 385 g/mol. The van der Waals surface area contributed by atoms with Crippen molar-refractivity contribution in [3.05, 3.63) is 82.1 Å². The summed E-state index contributed by atoms with van der Waals surface area (Å²) in [6, 6.07) is 16.9. The molecular weight excluding hydrogens is 364 g/mol. The highest BCUT2D eigenvalue weighted by molar-refractivity contribution is 6.30. The molecule has 0 spiro atoms. The van der Waals surface area contributed by atoms with E-state index in [0.717, 1.165) is 11.1 Å². The summed E-state index contributed by atoms with van der Waals surface area (Å²) >= 11 is 5.87. The molecule has 3 rings (SSSR count). The lowest BCUT2D eigenvalue weighted by Crippen LogP contribution is -2.20. The summed E-state index contributed by atoms with van der Waals surface area (Å²) in [6.45, 7) is 1.74. The van der Waals surface area contributed by atoms with Gasteiger partial charge in [0.25, 0.3) is 0 Å². The first-order valence-electron chi connectivity index (χ1n) is 8.92. The zero-order chi connectivity index (χ0) is 19.4. The van der Waals surface area contributed by atoms with Crippen LogP contribution in [0.2, 0.25) is 5.02 Å². The molecule has 2 aromatic carbocycles. The largest absolute Gasteiger partial charge is 0.507 e. The molecule has 1 heterocycles. The van der Waals surface area contributed by atoms with Gasteiger partial charge in [0.2, 0.25) is 0 Å². The van der Waals surface area contributed by atoms with Crippen molar-refractivity contribution in [3.63, 3.8) is 0 Å². The fraction of sp³-hybridized carbons (Fsp3) is 0.273. The first-order valence-corrected chi connectivity index (χ1v) is 9.30. The lowest BCUT2D eigenvalue weighted by atomic mass is 9.92. The molecule has 0 saturated heterocycles. The fourth-order valence-electron chi connectivity index (χ4n) is 3.19. The third kappa shape index (κ3) is 4.58. The molecule has 27 heavy (non-hydrogen) atoms. The second kappa shape index (κ2) is 8.40. The summed E-state index contributed by atoms with van der Waals surface area (Å²) in [6.07, 6.45) is 0.767. The van der Waals surface area contributed by atoms with Crippen molar-refractivity contribution in [1.82, 2.24) is 0 Å². The Morgan fingerprint density at radius 3 is 2.44 bits per heavy atom. The van der Waals surface area contributed by atoms with Gasteiger partial charge in [-0.25, -0.2) is 4.79 Å². The maximum Gasteiger partial charge on any atom is 0.346 e. The van der Waals surface area contributed by atoms with E-state index in [-0.39, 0.29) is 11.3 Å². The highest BCUT2D eigenvalue weighted by atomic mass is 35.5. The number of carbonyl (C=O) groups excluding carboxylic acids is 2. The van der Waals surface area contributed by atoms with Gasteiger partial charge < -0.3 is 9.84 Å². The lowest BCUT2D eigenvalue weighted by Gasteiger charge is -2.10. The van der Waals surface area contributed by atoms with Crippen molar-refractivity contribution in [3.8, 4) is 0 Å². The molecule has 1 unspecified atom stereocenters. The zero-order valence-electron chi connectivity index (χ0n) is 15.0. The molecule has 0 aliphatic carbocycles. The van der Waals surface area contributed by atoms with Gasteiger partial charge >= 0.3 is 5.97 Å². The number of hydrogen-bond acceptors (Lipinski definition) is 4. The number of cyclic esters (lactones) is 1. The number of Topliss-reactive ketones (excluding diaryl/α,β-unsaturated/α-hetero) is 1. The number of ketones is 1. The Morgan fingerprint density at radius 1 is 1.11 bits per heavy atom. The molecule has 1 N–H and O–H groups in total. The number of halogens is 1. The molecule has 0 saturated carbocycles. The van der Waals surface area contributed by atoms with Crippen LogP contribution < -0.4 is 0 Å². The van der Waals surface area contributed by atoms with E-state index in [2.05, 4.69) is 0 Å². The molecule has 0 aromatic heterocycles. The van der Waals surface area contributed by atoms with Gasteiger partial charge in [0.1, 0.15) is 5.57 Å². The zero-order valence-corrected chi connectivity index (χ0v) is 15.8. The summed E-state index contributed by atoms with van der Waals surface area (Å²) in [7, 11) is 0. The second-order valence-electron chi connectivity index (χ2n) is 6.77. The van der Waals surface area contributed by atoms with Gasteiger partial charge in [-0.2, -0.15) is 0 Å². The third-order valence-corrected chi connectivity index (χ3v) is 4.95. The molecule has 0 radical (unpaired) electrons. The van der Waals surface area contributed by atoms with Crippen molar-refractivity contribution in [2.45, 2.75) is 32.3 Å². The normalized spacial score (nSPS) is 17.7. The molecule has 0 fully saturated rings. The molecule has 2 atom stereocenters. The van der Waals surface area contributed by atoms with Crippen LogP contribution in [0.5, 0.6) is 0 Å². The molecule has 0 amide bonds. The number of esters is 1. The molecule has 2 aromatic rings. The second-order valence-corrected chi connectivity index (χ2v) is 7.21. The van der Waals surface area contributed by atoms with E-state index in [9.17, 15) is 14.7 Å². The minimum absolute atomic E-state index is 0.213. The van der Waals surface area contributed by atoms with E-state index in [4.69, 9.17) is 16.3 Å². The maximum atomic E-state index is 12.7. The Kier molecular flexibility index (Phi) is 5.97. The number of carbonyl (C=O) groups is 2. The van der Waals surface area contributed by atoms with Crippen molar-refractivity contribution in [2.24, 2.45) is 5.92 Å². The average Bonchev–Trinajstić information content (AvgIpc) is 2.95. The van der Waals surface area contributed by atoms with Crippen LogP contribution in [0.25, 0.3) is 0 Å². The van der Waals surface area contributed by atoms with E-state index >= 15 is 0 Å². The van der Waals surface area contributed by atoms with Crippen LogP contribution in [-0.2, 0) is 27.2 Å². The fourth-order valence-corrected chi connectivity index (χ4v) is 3.31. The smallest absolute Gasteiger partial charge is 0.346 e. The predicted octanol–water partition coefficient (Wildman–Crippen LogP) is 4.46. The highest BCUT2D eigenvalue weighted by Gasteiger charge is 2.39. The van der Waals surface area contributed by atoms with Gasteiger partial charge in [-0.3, -0.25) is 4.79 Å². The minimum atomic E-state index is -0.764. The number of rotatable bonds is 7. The van der Waals surface area contributed by atoms with Crippen LogP contribution in [0.15, 0.2) is 65.9 Å². The molecule has 1 aliphatic rings. The Balaban J connectivity index is 1.67. The third-order valence-electron chi connectivity index (χ3n) is 4.70. The monoisotopic (exact) mass is 384 g/mol. The van der Waals surface area contributed by atoms with Crippen molar-refractivity contribution in [1.29, 1.82) is 0 Å². The van der Waals surface area contributed by atoms with Crippen LogP contribution in [0.3, 0.4) is 0 Å². The van der Waals surface area contributed by atoms with E-state index < -0.39 is 23.8 Å². The lowest BCUT2D eigenvalue weighted by molar-refractivity contribution is -0.141. The summed E-state index contributed by atoms with van der Waals surface area (Å²) in [5, 5.41) is 11.0. The Hall–Kier alpha value is -2.59. The van der Waals surface area contributed by atoms with Gasteiger partial charge in [0.05, 0.1) is 0 Å². The van der Waals surface area contributed by atoms with E-state index in [1.165, 1.54) is 0 Å². The summed E-state index contributed by atoms with van der Waals surface area (Å²) in [4.78, 5) is 24.9. The van der Waals surface area contributed by atoms with Crippen LogP contribution in [0.4, 0.5) is 0 Å². The minimum Gasteiger partial charge on any atom is -0.507 e. The number of benzene rings is 2. The number of ether oxygens (including phenoxy) is 1. The highest BCUT2D eigenvalue weighted by Crippen LogP contribution is 2.28. The molecule has 140 valence electrons. The number of hydrogen-bond donors (Lipinski definition) is 1. The molecular formula is C22H21ClO4. The quantitative estimate of drug-likeness (QED) is 0.565. The summed E-state index contributed by atoms with van der Waals surface area (Å²) < 4.78 is 5.24.